The van der Waals surface area contributed by atoms with Gasteiger partial charge in [0.05, 0.1) is 6.10 Å². The second-order valence-corrected chi connectivity index (χ2v) is 5.17. The minimum Gasteiger partial charge on any atom is -0.388 e. The number of hydrogen-bond donors (Lipinski definition) is 1. The summed E-state index contributed by atoms with van der Waals surface area (Å²) in [6.07, 6.45) is 1.44. The van der Waals surface area contributed by atoms with Crippen molar-refractivity contribution in [1.82, 2.24) is 0 Å². The molecule has 2 heteroatoms. The predicted octanol–water partition coefficient (Wildman–Crippen LogP) is 3.81. The lowest BCUT2D eigenvalue weighted by molar-refractivity contribution is 0.173. The zero-order chi connectivity index (χ0) is 14.4. The SMILES string of the molecule is CC[C@@H](O)c1ccc(N(C)CCc2ccccc2)cc1. The lowest BCUT2D eigenvalue weighted by Gasteiger charge is -2.20. The molecular formula is C18H23NO. The fourth-order valence-electron chi connectivity index (χ4n) is 2.26. The van der Waals surface area contributed by atoms with Gasteiger partial charge in [0, 0.05) is 19.3 Å². The highest BCUT2D eigenvalue weighted by Gasteiger charge is 2.06. The molecule has 0 amide bonds. The molecule has 0 aliphatic heterocycles. The summed E-state index contributed by atoms with van der Waals surface area (Å²) in [6.45, 7) is 2.98. The van der Waals surface area contributed by atoms with Crippen LogP contribution >= 0.6 is 0 Å². The number of anilines is 1. The van der Waals surface area contributed by atoms with Crippen molar-refractivity contribution in [3.8, 4) is 0 Å². The molecule has 0 fully saturated rings. The van der Waals surface area contributed by atoms with Crippen molar-refractivity contribution in [3.05, 3.63) is 65.7 Å². The van der Waals surface area contributed by atoms with Crippen LogP contribution in [0.4, 0.5) is 5.69 Å². The predicted molar refractivity (Wildman–Crippen MR) is 85.1 cm³/mol. The Bertz CT molecular complexity index is 507. The monoisotopic (exact) mass is 269 g/mol. The van der Waals surface area contributed by atoms with Crippen molar-refractivity contribution < 1.29 is 5.11 Å². The lowest BCUT2D eigenvalue weighted by atomic mass is 10.1. The van der Waals surface area contributed by atoms with Crippen molar-refractivity contribution in [1.29, 1.82) is 0 Å². The van der Waals surface area contributed by atoms with Crippen LogP contribution < -0.4 is 4.90 Å². The standard InChI is InChI=1S/C18H23NO/c1-3-18(20)16-9-11-17(12-10-16)19(2)14-13-15-7-5-4-6-8-15/h4-12,18,20H,3,13-14H2,1-2H3/t18-/m1/s1. The maximum Gasteiger partial charge on any atom is 0.0787 e. The third-order valence-electron chi connectivity index (χ3n) is 3.68. The van der Waals surface area contributed by atoms with Gasteiger partial charge >= 0.3 is 0 Å². The van der Waals surface area contributed by atoms with Crippen LogP contribution in [0.15, 0.2) is 54.6 Å². The van der Waals surface area contributed by atoms with E-state index in [1.54, 1.807) is 0 Å². The van der Waals surface area contributed by atoms with Gasteiger partial charge in [-0.3, -0.25) is 0 Å². The van der Waals surface area contributed by atoms with Gasteiger partial charge in [-0.1, -0.05) is 49.4 Å². The van der Waals surface area contributed by atoms with Crippen molar-refractivity contribution in [2.75, 3.05) is 18.5 Å². The van der Waals surface area contributed by atoms with Crippen molar-refractivity contribution in [2.45, 2.75) is 25.9 Å². The molecule has 0 radical (unpaired) electrons. The number of rotatable bonds is 6. The van der Waals surface area contributed by atoms with Gasteiger partial charge in [-0.2, -0.15) is 0 Å². The summed E-state index contributed by atoms with van der Waals surface area (Å²) in [5, 5.41) is 9.80. The number of likely N-dealkylation sites (N-methyl/N-ethyl adjacent to an activating group) is 1. The third kappa shape index (κ3) is 3.84. The minimum absolute atomic E-state index is 0.348. The Morgan fingerprint density at radius 3 is 2.25 bits per heavy atom. The number of aliphatic hydroxyl groups is 1. The minimum atomic E-state index is -0.348. The fraction of sp³-hybridized carbons (Fsp3) is 0.333. The van der Waals surface area contributed by atoms with E-state index in [0.717, 1.165) is 24.9 Å². The van der Waals surface area contributed by atoms with Gasteiger partial charge in [-0.15, -0.1) is 0 Å². The van der Waals surface area contributed by atoms with Gasteiger partial charge in [0.1, 0.15) is 0 Å². The Kier molecular flexibility index (Phi) is 5.19. The van der Waals surface area contributed by atoms with E-state index in [2.05, 4.69) is 48.3 Å². The summed E-state index contributed by atoms with van der Waals surface area (Å²) in [4.78, 5) is 2.25. The summed E-state index contributed by atoms with van der Waals surface area (Å²) in [7, 11) is 2.11. The van der Waals surface area contributed by atoms with Crippen LogP contribution in [-0.4, -0.2) is 18.7 Å². The highest BCUT2D eigenvalue weighted by molar-refractivity contribution is 5.47. The van der Waals surface area contributed by atoms with E-state index in [9.17, 15) is 5.11 Å². The number of nitrogens with zero attached hydrogens (tertiary/aromatic N) is 1. The van der Waals surface area contributed by atoms with E-state index < -0.39 is 0 Å². The molecule has 0 aliphatic rings. The molecule has 0 unspecified atom stereocenters. The molecule has 106 valence electrons. The number of aliphatic hydroxyl groups excluding tert-OH is 1. The van der Waals surface area contributed by atoms with Crippen LogP contribution in [-0.2, 0) is 6.42 Å². The molecule has 0 heterocycles. The molecule has 0 aliphatic carbocycles. The average Bonchev–Trinajstić information content (AvgIpc) is 2.53. The van der Waals surface area contributed by atoms with Gasteiger partial charge < -0.3 is 10.0 Å². The topological polar surface area (TPSA) is 23.5 Å². The van der Waals surface area contributed by atoms with E-state index in [1.165, 1.54) is 11.3 Å². The van der Waals surface area contributed by atoms with Gasteiger partial charge in [0.25, 0.3) is 0 Å². The first kappa shape index (κ1) is 14.6. The summed E-state index contributed by atoms with van der Waals surface area (Å²) in [5.74, 6) is 0. The summed E-state index contributed by atoms with van der Waals surface area (Å²) in [5.41, 5.74) is 3.54. The molecule has 0 saturated heterocycles. The number of benzene rings is 2. The molecule has 1 atom stereocenters. The molecule has 2 aromatic rings. The molecular weight excluding hydrogens is 246 g/mol. The quantitative estimate of drug-likeness (QED) is 0.862. The maximum atomic E-state index is 9.80. The van der Waals surface area contributed by atoms with E-state index in [-0.39, 0.29) is 6.10 Å². The van der Waals surface area contributed by atoms with Crippen molar-refractivity contribution >= 4 is 5.69 Å². The Morgan fingerprint density at radius 2 is 1.65 bits per heavy atom. The molecule has 1 N–H and O–H groups in total. The molecule has 0 spiro atoms. The molecule has 0 aromatic heterocycles. The first-order valence-electron chi connectivity index (χ1n) is 7.23. The Balaban J connectivity index is 1.94. The van der Waals surface area contributed by atoms with E-state index in [0.29, 0.717) is 0 Å². The fourth-order valence-corrected chi connectivity index (χ4v) is 2.26. The van der Waals surface area contributed by atoms with Crippen LogP contribution in [0.2, 0.25) is 0 Å². The smallest absolute Gasteiger partial charge is 0.0787 e. The molecule has 0 saturated carbocycles. The van der Waals surface area contributed by atoms with Crippen LogP contribution in [0.25, 0.3) is 0 Å². The Hall–Kier alpha value is -1.80. The summed E-state index contributed by atoms with van der Waals surface area (Å²) in [6, 6.07) is 18.7. The van der Waals surface area contributed by atoms with Crippen molar-refractivity contribution in [3.63, 3.8) is 0 Å². The van der Waals surface area contributed by atoms with E-state index in [4.69, 9.17) is 0 Å². The van der Waals surface area contributed by atoms with Gasteiger partial charge in [-0.05, 0) is 36.1 Å². The Labute approximate surface area is 121 Å². The van der Waals surface area contributed by atoms with E-state index in [1.807, 2.05) is 25.1 Å². The molecule has 20 heavy (non-hydrogen) atoms. The lowest BCUT2D eigenvalue weighted by Crippen LogP contribution is -2.20. The van der Waals surface area contributed by atoms with Crippen LogP contribution in [0.1, 0.15) is 30.6 Å². The number of hydrogen-bond acceptors (Lipinski definition) is 2. The average molecular weight is 269 g/mol. The molecule has 2 aromatic carbocycles. The zero-order valence-corrected chi connectivity index (χ0v) is 12.3. The first-order chi connectivity index (χ1) is 9.70. The third-order valence-corrected chi connectivity index (χ3v) is 3.68. The molecule has 2 nitrogen and oxygen atoms in total. The summed E-state index contributed by atoms with van der Waals surface area (Å²) < 4.78 is 0. The van der Waals surface area contributed by atoms with Gasteiger partial charge in [-0.25, -0.2) is 0 Å². The highest BCUT2D eigenvalue weighted by atomic mass is 16.3. The largest absolute Gasteiger partial charge is 0.388 e. The second-order valence-electron chi connectivity index (χ2n) is 5.17. The van der Waals surface area contributed by atoms with Crippen LogP contribution in [0.3, 0.4) is 0 Å². The van der Waals surface area contributed by atoms with Crippen LogP contribution in [0.5, 0.6) is 0 Å². The van der Waals surface area contributed by atoms with Crippen LogP contribution in [0, 0.1) is 0 Å². The van der Waals surface area contributed by atoms with E-state index >= 15 is 0 Å². The summed E-state index contributed by atoms with van der Waals surface area (Å²) >= 11 is 0. The van der Waals surface area contributed by atoms with Gasteiger partial charge in [0.15, 0.2) is 0 Å². The normalized spacial score (nSPS) is 12.2. The molecule has 2 rings (SSSR count). The zero-order valence-electron chi connectivity index (χ0n) is 12.3. The molecule has 0 bridgehead atoms. The highest BCUT2D eigenvalue weighted by Crippen LogP contribution is 2.20. The van der Waals surface area contributed by atoms with Gasteiger partial charge in [0.2, 0.25) is 0 Å². The second kappa shape index (κ2) is 7.11. The first-order valence-corrected chi connectivity index (χ1v) is 7.23. The maximum absolute atomic E-state index is 9.80. The Morgan fingerprint density at radius 1 is 1.00 bits per heavy atom. The van der Waals surface area contributed by atoms with Crippen molar-refractivity contribution in [2.24, 2.45) is 0 Å².